The molecule has 9 nitrogen and oxygen atoms in total. The van der Waals surface area contributed by atoms with Crippen molar-refractivity contribution in [1.29, 1.82) is 0 Å². The average molecular weight is 611 g/mol. The van der Waals surface area contributed by atoms with E-state index in [9.17, 15) is 29.7 Å². The molecule has 43 heavy (non-hydrogen) atoms. The Kier molecular flexibility index (Phi) is 11.1. The number of amides is 2. The van der Waals surface area contributed by atoms with E-state index in [1.807, 2.05) is 31.2 Å². The first kappa shape index (κ1) is 32.4. The second-order valence-corrected chi connectivity index (χ2v) is 11.6. The molecular weight excluding hydrogens is 572 g/mol. The van der Waals surface area contributed by atoms with E-state index in [1.165, 1.54) is 11.0 Å². The van der Waals surface area contributed by atoms with Crippen molar-refractivity contribution >= 4 is 41.0 Å². The molecule has 230 valence electrons. The lowest BCUT2D eigenvalue weighted by Gasteiger charge is -2.36. The van der Waals surface area contributed by atoms with E-state index in [0.29, 0.717) is 66.8 Å². The molecule has 0 saturated carbocycles. The van der Waals surface area contributed by atoms with Crippen LogP contribution in [-0.2, 0) is 14.4 Å². The molecule has 2 aromatic rings. The number of aromatic nitrogens is 1. The average Bonchev–Trinajstić information content (AvgIpc) is 3.23. The maximum absolute atomic E-state index is 13.5. The Labute approximate surface area is 256 Å². The smallest absolute Gasteiger partial charge is 0.303 e. The number of pyridine rings is 1. The topological polar surface area (TPSA) is 148 Å². The predicted octanol–water partition coefficient (Wildman–Crippen LogP) is 5.09. The number of imide groups is 1. The van der Waals surface area contributed by atoms with Crippen LogP contribution < -0.4 is 0 Å². The minimum atomic E-state index is -0.955. The lowest BCUT2D eigenvalue weighted by Crippen LogP contribution is -2.39. The van der Waals surface area contributed by atoms with Crippen molar-refractivity contribution in [2.75, 3.05) is 13.2 Å². The number of likely N-dealkylation sites (tertiary alicyclic amines) is 1. The number of phenolic OH excluding ortho intramolecular Hbond substituents is 1. The molecule has 0 unspecified atom stereocenters. The van der Waals surface area contributed by atoms with Crippen LogP contribution in [0.2, 0.25) is 5.02 Å². The number of halogens is 1. The first-order valence-corrected chi connectivity index (χ1v) is 15.2. The number of phenols is 1. The molecular formula is C33H39ClN2O7. The molecule has 0 bridgehead atoms. The van der Waals surface area contributed by atoms with E-state index in [1.54, 1.807) is 18.3 Å². The minimum Gasteiger partial charge on any atom is -0.508 e. The zero-order chi connectivity index (χ0) is 31.1. The number of fused-ring (bicyclic) bond motifs is 1. The molecule has 4 N–H and O–H groups in total. The van der Waals surface area contributed by atoms with Crippen LogP contribution in [0.3, 0.4) is 0 Å². The molecule has 1 saturated heterocycles. The van der Waals surface area contributed by atoms with Crippen molar-refractivity contribution in [1.82, 2.24) is 9.88 Å². The number of carbonyl (C=O) groups is 3. The van der Waals surface area contributed by atoms with Crippen LogP contribution in [0.5, 0.6) is 5.75 Å². The van der Waals surface area contributed by atoms with Crippen LogP contribution in [0, 0.1) is 17.8 Å². The number of carbonyl (C=O) groups excluding carboxylic acids is 2. The number of aromatic hydroxyl groups is 1. The summed E-state index contributed by atoms with van der Waals surface area (Å²) in [5.74, 6) is -3.39. The quantitative estimate of drug-likeness (QED) is 0.131. The summed E-state index contributed by atoms with van der Waals surface area (Å²) in [4.78, 5) is 43.4. The Morgan fingerprint density at radius 3 is 2.58 bits per heavy atom. The van der Waals surface area contributed by atoms with Gasteiger partial charge in [0.15, 0.2) is 0 Å². The summed E-state index contributed by atoms with van der Waals surface area (Å²) < 4.78 is 0. The molecule has 2 heterocycles. The van der Waals surface area contributed by atoms with Gasteiger partial charge in [-0.05, 0) is 91.6 Å². The molecule has 1 aromatic carbocycles. The highest BCUT2D eigenvalue weighted by Gasteiger charge is 2.54. The maximum atomic E-state index is 13.5. The fraction of sp³-hybridized carbons (Fsp3) is 0.455. The number of unbranched alkanes of at least 4 members (excludes halogenated alkanes) is 2. The number of carboxylic acid groups (broad SMARTS) is 1. The molecule has 10 heteroatoms. The van der Waals surface area contributed by atoms with Gasteiger partial charge in [0.25, 0.3) is 0 Å². The van der Waals surface area contributed by atoms with Gasteiger partial charge < -0.3 is 20.4 Å². The normalized spacial score (nSPS) is 21.3. The van der Waals surface area contributed by atoms with Crippen LogP contribution >= 0.6 is 11.6 Å². The van der Waals surface area contributed by atoms with E-state index in [0.717, 1.165) is 11.1 Å². The predicted molar refractivity (Wildman–Crippen MR) is 163 cm³/mol. The third kappa shape index (κ3) is 7.52. The number of benzene rings is 1. The highest BCUT2D eigenvalue weighted by molar-refractivity contribution is 6.32. The molecule has 0 spiro atoms. The lowest BCUT2D eigenvalue weighted by atomic mass is 9.67. The van der Waals surface area contributed by atoms with Gasteiger partial charge in [0.05, 0.1) is 35.3 Å². The summed E-state index contributed by atoms with van der Waals surface area (Å²) in [6.45, 7) is 1.80. The van der Waals surface area contributed by atoms with Crippen molar-refractivity contribution in [2.45, 2.75) is 64.4 Å². The number of allylic oxidation sites excluding steroid dienone is 2. The standard InChI is InChI=1S/C33H39ClN2O7/c1-2-20-17-24-31(33(43)36(32(24)42)15-7-3-4-9-29(40)41)25(19-37)30(20)28(39)13-11-22(27-8-5-6-14-35-27)16-21-10-12-23(38)18-26(21)34/h5-6,8,10,12,14,16,18,24-25,28,31,37-39H,2-4,7,9,11,13,15,17,19H2,1H3,(H,40,41)/b22-16-/t24-,25+,28-,31-/m1/s1. The largest absolute Gasteiger partial charge is 0.508 e. The minimum absolute atomic E-state index is 0.0456. The van der Waals surface area contributed by atoms with Gasteiger partial charge in [0, 0.05) is 25.1 Å². The molecule has 2 amide bonds. The maximum Gasteiger partial charge on any atom is 0.303 e. The van der Waals surface area contributed by atoms with Crippen LogP contribution in [0.1, 0.15) is 69.5 Å². The second-order valence-electron chi connectivity index (χ2n) is 11.2. The van der Waals surface area contributed by atoms with E-state index in [-0.39, 0.29) is 37.1 Å². The van der Waals surface area contributed by atoms with E-state index in [2.05, 4.69) is 4.98 Å². The Morgan fingerprint density at radius 2 is 1.93 bits per heavy atom. The van der Waals surface area contributed by atoms with Crippen molar-refractivity contribution < 1.29 is 34.8 Å². The molecule has 4 rings (SSSR count). The number of aliphatic hydroxyl groups excluding tert-OH is 2. The number of carboxylic acids is 1. The van der Waals surface area contributed by atoms with Crippen molar-refractivity contribution in [3.8, 4) is 5.75 Å². The summed E-state index contributed by atoms with van der Waals surface area (Å²) in [7, 11) is 0. The monoisotopic (exact) mass is 610 g/mol. The number of aliphatic hydroxyl groups is 2. The Balaban J connectivity index is 1.54. The number of rotatable bonds is 14. The summed E-state index contributed by atoms with van der Waals surface area (Å²) in [5, 5.41) is 41.1. The van der Waals surface area contributed by atoms with Gasteiger partial charge in [-0.2, -0.15) is 0 Å². The van der Waals surface area contributed by atoms with Gasteiger partial charge in [-0.15, -0.1) is 0 Å². The molecule has 1 fully saturated rings. The van der Waals surface area contributed by atoms with Crippen LogP contribution in [0.15, 0.2) is 53.7 Å². The summed E-state index contributed by atoms with van der Waals surface area (Å²) >= 11 is 6.37. The third-order valence-corrected chi connectivity index (χ3v) is 8.85. The second kappa shape index (κ2) is 14.8. The molecule has 4 atom stereocenters. The van der Waals surface area contributed by atoms with Gasteiger partial charge in [-0.25, -0.2) is 0 Å². The molecule has 1 aliphatic carbocycles. The van der Waals surface area contributed by atoms with E-state index in [4.69, 9.17) is 16.7 Å². The SMILES string of the molecule is CCC1=C([C@H](O)CC/C(=C/c2ccc(O)cc2Cl)c2ccccn2)[C@H](CO)[C@@H]2C(=O)N(CCCCCC(=O)O)C(=O)[C@@H]2C1. The highest BCUT2D eigenvalue weighted by atomic mass is 35.5. The fourth-order valence-electron chi connectivity index (χ4n) is 6.40. The number of hydrogen-bond donors (Lipinski definition) is 4. The highest BCUT2D eigenvalue weighted by Crippen LogP contribution is 2.47. The van der Waals surface area contributed by atoms with E-state index >= 15 is 0 Å². The molecule has 2 aliphatic rings. The Morgan fingerprint density at radius 1 is 1.14 bits per heavy atom. The van der Waals surface area contributed by atoms with Gasteiger partial charge in [0.2, 0.25) is 11.8 Å². The fourth-order valence-corrected chi connectivity index (χ4v) is 6.63. The van der Waals surface area contributed by atoms with Crippen LogP contribution in [0.25, 0.3) is 11.6 Å². The Bertz CT molecular complexity index is 1390. The molecule has 0 radical (unpaired) electrons. The van der Waals surface area contributed by atoms with Crippen molar-refractivity contribution in [3.63, 3.8) is 0 Å². The zero-order valence-corrected chi connectivity index (χ0v) is 25.0. The van der Waals surface area contributed by atoms with E-state index < -0.39 is 29.8 Å². The Hall–Kier alpha value is -3.53. The zero-order valence-electron chi connectivity index (χ0n) is 24.3. The first-order chi connectivity index (χ1) is 20.7. The molecule has 1 aliphatic heterocycles. The molecule has 1 aromatic heterocycles. The van der Waals surface area contributed by atoms with Crippen LogP contribution in [0.4, 0.5) is 0 Å². The first-order valence-electron chi connectivity index (χ1n) is 14.8. The third-order valence-electron chi connectivity index (χ3n) is 8.53. The lowest BCUT2D eigenvalue weighted by molar-refractivity contribution is -0.141. The number of aliphatic carboxylic acids is 1. The van der Waals surface area contributed by atoms with Gasteiger partial charge in [-0.3, -0.25) is 24.3 Å². The van der Waals surface area contributed by atoms with Gasteiger partial charge in [0.1, 0.15) is 5.75 Å². The number of hydrogen-bond acceptors (Lipinski definition) is 7. The van der Waals surface area contributed by atoms with Gasteiger partial charge in [-0.1, -0.05) is 36.6 Å². The van der Waals surface area contributed by atoms with Crippen LogP contribution in [-0.4, -0.2) is 67.3 Å². The van der Waals surface area contributed by atoms with Crippen molar-refractivity contribution in [2.24, 2.45) is 17.8 Å². The summed E-state index contributed by atoms with van der Waals surface area (Å²) in [6.07, 6.45) is 5.87. The van der Waals surface area contributed by atoms with Gasteiger partial charge >= 0.3 is 5.97 Å². The number of nitrogens with zero attached hydrogens (tertiary/aromatic N) is 2. The summed E-state index contributed by atoms with van der Waals surface area (Å²) in [6, 6.07) is 10.3. The summed E-state index contributed by atoms with van der Waals surface area (Å²) in [5.41, 5.74) is 3.75. The van der Waals surface area contributed by atoms with Crippen molar-refractivity contribution in [3.05, 3.63) is 70.0 Å².